The summed E-state index contributed by atoms with van der Waals surface area (Å²) >= 11 is 0. The quantitative estimate of drug-likeness (QED) is 0.819. The van der Waals surface area contributed by atoms with Crippen molar-refractivity contribution in [1.29, 1.82) is 0 Å². The molecular weight excluding hydrogens is 196 g/mol. The Morgan fingerprint density at radius 2 is 2.19 bits per heavy atom. The molecule has 0 bridgehead atoms. The number of nitrogens with zero attached hydrogens (tertiary/aromatic N) is 1. The topological polar surface area (TPSA) is 15.3 Å². The van der Waals surface area contributed by atoms with Crippen LogP contribution in [0.4, 0.5) is 5.69 Å². The van der Waals surface area contributed by atoms with Gasteiger partial charge in [-0.1, -0.05) is 32.0 Å². The van der Waals surface area contributed by atoms with Crippen molar-refractivity contribution < 1.29 is 0 Å². The minimum Gasteiger partial charge on any atom is -0.370 e. The smallest absolute Gasteiger partial charge is 0.0399 e. The predicted molar refractivity (Wildman–Crippen MR) is 70.1 cm³/mol. The Kier molecular flexibility index (Phi) is 3.83. The molecule has 1 aliphatic rings. The highest BCUT2D eigenvalue weighted by molar-refractivity contribution is 5.53. The van der Waals surface area contributed by atoms with Crippen LogP contribution in [0.2, 0.25) is 0 Å². The zero-order valence-corrected chi connectivity index (χ0v) is 10.4. The lowest BCUT2D eigenvalue weighted by Gasteiger charge is -2.26. The molecule has 1 atom stereocenters. The van der Waals surface area contributed by atoms with Crippen LogP contribution in [0.1, 0.15) is 19.4 Å². The Labute approximate surface area is 98.7 Å². The number of rotatable bonds is 2. The normalized spacial score (nSPS) is 21.9. The molecular formula is C14H22N2. The fraction of sp³-hybridized carbons (Fsp3) is 0.571. The number of hydrogen-bond acceptors (Lipinski definition) is 2. The molecule has 0 saturated carbocycles. The number of nitrogens with one attached hydrogen (secondary N) is 1. The van der Waals surface area contributed by atoms with Gasteiger partial charge in [0.25, 0.3) is 0 Å². The minimum atomic E-state index is 0.729. The molecule has 1 aliphatic heterocycles. The van der Waals surface area contributed by atoms with E-state index >= 15 is 0 Å². The van der Waals surface area contributed by atoms with Gasteiger partial charge in [-0.3, -0.25) is 0 Å². The van der Waals surface area contributed by atoms with E-state index in [1.165, 1.54) is 17.8 Å². The summed E-state index contributed by atoms with van der Waals surface area (Å²) < 4.78 is 0. The van der Waals surface area contributed by atoms with Crippen molar-refractivity contribution in [2.24, 2.45) is 5.92 Å². The van der Waals surface area contributed by atoms with Crippen molar-refractivity contribution in [3.63, 3.8) is 0 Å². The summed E-state index contributed by atoms with van der Waals surface area (Å²) in [6, 6.07) is 8.80. The number of anilines is 1. The Balaban J connectivity index is 2.20. The predicted octanol–water partition coefficient (Wildman–Crippen LogP) is 2.29. The van der Waals surface area contributed by atoms with Crippen molar-refractivity contribution in [2.75, 3.05) is 31.1 Å². The maximum absolute atomic E-state index is 3.49. The van der Waals surface area contributed by atoms with Crippen molar-refractivity contribution in [3.8, 4) is 0 Å². The summed E-state index contributed by atoms with van der Waals surface area (Å²) in [7, 11) is 0. The summed E-state index contributed by atoms with van der Waals surface area (Å²) in [5.41, 5.74) is 2.90. The van der Waals surface area contributed by atoms with E-state index in [0.717, 1.165) is 32.0 Å². The van der Waals surface area contributed by atoms with E-state index in [9.17, 15) is 0 Å². The third kappa shape index (κ3) is 2.56. The SMILES string of the molecule is CCc1ccccc1N1CCNCC(C)C1. The van der Waals surface area contributed by atoms with Gasteiger partial charge in [0.2, 0.25) is 0 Å². The van der Waals surface area contributed by atoms with Crippen LogP contribution in [0.5, 0.6) is 0 Å². The molecule has 0 aliphatic carbocycles. The second-order valence-electron chi connectivity index (χ2n) is 4.74. The van der Waals surface area contributed by atoms with E-state index in [0.29, 0.717) is 0 Å². The highest BCUT2D eigenvalue weighted by Crippen LogP contribution is 2.22. The van der Waals surface area contributed by atoms with E-state index in [4.69, 9.17) is 0 Å². The van der Waals surface area contributed by atoms with Crippen LogP contribution in [0.25, 0.3) is 0 Å². The molecule has 1 N–H and O–H groups in total. The molecule has 16 heavy (non-hydrogen) atoms. The van der Waals surface area contributed by atoms with E-state index in [2.05, 4.69) is 48.3 Å². The molecule has 1 heterocycles. The third-order valence-electron chi connectivity index (χ3n) is 3.30. The van der Waals surface area contributed by atoms with Crippen LogP contribution < -0.4 is 10.2 Å². The largest absolute Gasteiger partial charge is 0.370 e. The lowest BCUT2D eigenvalue weighted by Crippen LogP contribution is -2.30. The Hall–Kier alpha value is -1.02. The van der Waals surface area contributed by atoms with Gasteiger partial charge in [-0.05, 0) is 30.5 Å². The van der Waals surface area contributed by atoms with Crippen LogP contribution in [-0.4, -0.2) is 26.2 Å². The monoisotopic (exact) mass is 218 g/mol. The molecule has 2 rings (SSSR count). The summed E-state index contributed by atoms with van der Waals surface area (Å²) in [5.74, 6) is 0.729. The van der Waals surface area contributed by atoms with Crippen LogP contribution in [-0.2, 0) is 6.42 Å². The van der Waals surface area contributed by atoms with E-state index < -0.39 is 0 Å². The van der Waals surface area contributed by atoms with Crippen molar-refractivity contribution >= 4 is 5.69 Å². The molecule has 0 spiro atoms. The maximum atomic E-state index is 3.49. The van der Waals surface area contributed by atoms with Crippen molar-refractivity contribution in [1.82, 2.24) is 5.32 Å². The second kappa shape index (κ2) is 5.35. The summed E-state index contributed by atoms with van der Waals surface area (Å²) in [6.07, 6.45) is 1.12. The highest BCUT2D eigenvalue weighted by atomic mass is 15.2. The van der Waals surface area contributed by atoms with Gasteiger partial charge in [0.1, 0.15) is 0 Å². The fourth-order valence-electron chi connectivity index (χ4n) is 2.43. The fourth-order valence-corrected chi connectivity index (χ4v) is 2.43. The lowest BCUT2D eigenvalue weighted by molar-refractivity contribution is 0.563. The first kappa shape index (κ1) is 11.5. The van der Waals surface area contributed by atoms with Crippen molar-refractivity contribution in [2.45, 2.75) is 20.3 Å². The molecule has 1 aromatic rings. The third-order valence-corrected chi connectivity index (χ3v) is 3.30. The van der Waals surface area contributed by atoms with Crippen LogP contribution >= 0.6 is 0 Å². The van der Waals surface area contributed by atoms with Gasteiger partial charge < -0.3 is 10.2 Å². The molecule has 0 aromatic heterocycles. The molecule has 2 nitrogen and oxygen atoms in total. The van der Waals surface area contributed by atoms with Crippen LogP contribution in [0, 0.1) is 5.92 Å². The Morgan fingerprint density at radius 1 is 1.38 bits per heavy atom. The summed E-state index contributed by atoms with van der Waals surface area (Å²) in [5, 5.41) is 3.49. The Morgan fingerprint density at radius 3 is 3.00 bits per heavy atom. The van der Waals surface area contributed by atoms with Crippen LogP contribution in [0.15, 0.2) is 24.3 Å². The number of aryl methyl sites for hydroxylation is 1. The molecule has 2 heteroatoms. The van der Waals surface area contributed by atoms with Gasteiger partial charge in [0, 0.05) is 25.3 Å². The van der Waals surface area contributed by atoms with Gasteiger partial charge in [0.05, 0.1) is 0 Å². The average Bonchev–Trinajstić information content (AvgIpc) is 2.54. The van der Waals surface area contributed by atoms with Crippen LogP contribution in [0.3, 0.4) is 0 Å². The molecule has 1 aromatic carbocycles. The van der Waals surface area contributed by atoms with E-state index in [1.807, 2.05) is 0 Å². The highest BCUT2D eigenvalue weighted by Gasteiger charge is 2.16. The molecule has 0 radical (unpaired) electrons. The van der Waals surface area contributed by atoms with E-state index in [-0.39, 0.29) is 0 Å². The molecule has 1 unspecified atom stereocenters. The zero-order chi connectivity index (χ0) is 11.4. The summed E-state index contributed by atoms with van der Waals surface area (Å²) in [6.45, 7) is 9.09. The summed E-state index contributed by atoms with van der Waals surface area (Å²) in [4.78, 5) is 2.53. The van der Waals surface area contributed by atoms with Gasteiger partial charge in [-0.25, -0.2) is 0 Å². The lowest BCUT2D eigenvalue weighted by atomic mass is 10.1. The first-order valence-electron chi connectivity index (χ1n) is 6.35. The number of para-hydroxylation sites is 1. The number of benzene rings is 1. The average molecular weight is 218 g/mol. The Bertz CT molecular complexity index is 335. The first-order valence-corrected chi connectivity index (χ1v) is 6.35. The van der Waals surface area contributed by atoms with Gasteiger partial charge in [0.15, 0.2) is 0 Å². The van der Waals surface area contributed by atoms with Gasteiger partial charge >= 0.3 is 0 Å². The minimum absolute atomic E-state index is 0.729. The van der Waals surface area contributed by atoms with Gasteiger partial charge in [-0.15, -0.1) is 0 Å². The number of hydrogen-bond donors (Lipinski definition) is 1. The second-order valence-corrected chi connectivity index (χ2v) is 4.74. The molecule has 1 fully saturated rings. The van der Waals surface area contributed by atoms with Crippen molar-refractivity contribution in [3.05, 3.63) is 29.8 Å². The molecule has 0 amide bonds. The first-order chi connectivity index (χ1) is 7.81. The molecule has 1 saturated heterocycles. The maximum Gasteiger partial charge on any atom is 0.0399 e. The standard InChI is InChI=1S/C14H22N2/c1-3-13-6-4-5-7-14(13)16-9-8-15-10-12(2)11-16/h4-7,12,15H,3,8-11H2,1-2H3. The van der Waals surface area contributed by atoms with Gasteiger partial charge in [-0.2, -0.15) is 0 Å². The van der Waals surface area contributed by atoms with E-state index in [1.54, 1.807) is 0 Å². The zero-order valence-electron chi connectivity index (χ0n) is 10.4. The molecule has 88 valence electrons.